The van der Waals surface area contributed by atoms with Gasteiger partial charge in [-0.3, -0.25) is 9.59 Å². The van der Waals surface area contributed by atoms with Crippen molar-refractivity contribution in [1.29, 1.82) is 0 Å². The van der Waals surface area contributed by atoms with E-state index in [4.69, 9.17) is 9.84 Å². The van der Waals surface area contributed by atoms with Crippen LogP contribution in [0.5, 0.6) is 0 Å². The van der Waals surface area contributed by atoms with Gasteiger partial charge in [0.05, 0.1) is 36.7 Å². The largest absolute Gasteiger partial charge is 0.481 e. The maximum Gasteiger partial charge on any atom is 0.449 e. The molecule has 1 fully saturated rings. The summed E-state index contributed by atoms with van der Waals surface area (Å²) in [5.41, 5.74) is 0.504. The molecule has 28 heavy (non-hydrogen) atoms. The number of carboxylic acid groups (broad SMARTS) is 1. The zero-order valence-corrected chi connectivity index (χ0v) is 15.4. The van der Waals surface area contributed by atoms with E-state index in [1.807, 2.05) is 0 Å². The Morgan fingerprint density at radius 2 is 2.07 bits per heavy atom. The number of aromatic nitrogens is 2. The number of carboxylic acids is 1. The predicted octanol–water partition coefficient (Wildman–Crippen LogP) is 2.95. The molecule has 1 aromatic carbocycles. The maximum atomic E-state index is 13.3. The molecule has 2 heterocycles. The number of morpholine rings is 1. The van der Waals surface area contributed by atoms with Crippen LogP contribution in [0.3, 0.4) is 0 Å². The van der Waals surface area contributed by atoms with Gasteiger partial charge >= 0.3 is 12.1 Å². The second kappa shape index (κ2) is 7.42. The number of fused-ring (bicyclic) bond motifs is 1. The fraction of sp³-hybridized carbons (Fsp3) is 0.500. The van der Waals surface area contributed by atoms with Crippen molar-refractivity contribution in [3.8, 4) is 0 Å². The lowest BCUT2D eigenvalue weighted by Crippen LogP contribution is -2.49. The Labute approximate surface area is 158 Å². The van der Waals surface area contributed by atoms with Gasteiger partial charge in [0.25, 0.3) is 5.91 Å². The van der Waals surface area contributed by atoms with E-state index in [0.717, 1.165) is 4.57 Å². The van der Waals surface area contributed by atoms with Crippen LogP contribution in [0.2, 0.25) is 0 Å². The monoisotopic (exact) mass is 399 g/mol. The second-order valence-electron chi connectivity index (χ2n) is 6.93. The quantitative estimate of drug-likeness (QED) is 0.855. The number of rotatable bonds is 4. The highest BCUT2D eigenvalue weighted by Gasteiger charge is 2.38. The molecule has 1 aliphatic heterocycles. The Bertz CT molecular complexity index is 907. The average molecular weight is 399 g/mol. The summed E-state index contributed by atoms with van der Waals surface area (Å²) in [7, 11) is 0. The van der Waals surface area contributed by atoms with Crippen molar-refractivity contribution in [2.24, 2.45) is 0 Å². The lowest BCUT2D eigenvalue weighted by atomic mass is 10.1. The third-order valence-corrected chi connectivity index (χ3v) is 4.61. The Kier molecular flexibility index (Phi) is 5.33. The molecule has 0 bridgehead atoms. The van der Waals surface area contributed by atoms with Crippen LogP contribution >= 0.6 is 0 Å². The Morgan fingerprint density at radius 3 is 2.68 bits per heavy atom. The highest BCUT2D eigenvalue weighted by molar-refractivity contribution is 5.98. The number of hydrogen-bond acceptors (Lipinski definition) is 4. The van der Waals surface area contributed by atoms with Crippen LogP contribution in [-0.4, -0.2) is 57.2 Å². The van der Waals surface area contributed by atoms with Crippen LogP contribution in [0.1, 0.15) is 42.5 Å². The number of carbonyl (C=O) groups is 2. The van der Waals surface area contributed by atoms with Crippen molar-refractivity contribution in [2.75, 3.05) is 19.8 Å². The third-order valence-electron chi connectivity index (χ3n) is 4.61. The van der Waals surface area contributed by atoms with Gasteiger partial charge in [-0.05, 0) is 32.0 Å². The molecule has 1 unspecified atom stereocenters. The second-order valence-corrected chi connectivity index (χ2v) is 6.93. The van der Waals surface area contributed by atoms with Crippen molar-refractivity contribution in [2.45, 2.75) is 38.5 Å². The van der Waals surface area contributed by atoms with E-state index in [1.165, 1.54) is 23.1 Å². The van der Waals surface area contributed by atoms with Gasteiger partial charge in [-0.25, -0.2) is 4.98 Å². The van der Waals surface area contributed by atoms with E-state index >= 15 is 0 Å². The summed E-state index contributed by atoms with van der Waals surface area (Å²) in [5.74, 6) is -2.53. The number of aliphatic carboxylic acids is 1. The minimum absolute atomic E-state index is 0.0647. The molecule has 0 aliphatic carbocycles. The predicted molar refractivity (Wildman–Crippen MR) is 93.0 cm³/mol. The van der Waals surface area contributed by atoms with Crippen LogP contribution in [0.15, 0.2) is 18.2 Å². The zero-order valence-electron chi connectivity index (χ0n) is 15.4. The number of carbonyl (C=O) groups excluding carboxylic acids is 1. The molecule has 1 aromatic heterocycles. The van der Waals surface area contributed by atoms with Crippen molar-refractivity contribution < 1.29 is 32.6 Å². The molecule has 0 saturated carbocycles. The van der Waals surface area contributed by atoms with E-state index in [2.05, 4.69) is 4.98 Å². The SMILES string of the molecule is CC(C)n1c(C(F)(F)F)nc2cc(C(=O)N3CCOCC3CC(=O)O)ccc21. The van der Waals surface area contributed by atoms with Gasteiger partial charge in [0.1, 0.15) is 0 Å². The molecular formula is C18H20F3N3O4. The number of nitrogens with zero attached hydrogens (tertiary/aromatic N) is 3. The first-order chi connectivity index (χ1) is 13.1. The van der Waals surface area contributed by atoms with E-state index in [9.17, 15) is 22.8 Å². The highest BCUT2D eigenvalue weighted by Crippen LogP contribution is 2.34. The van der Waals surface area contributed by atoms with E-state index in [1.54, 1.807) is 13.8 Å². The van der Waals surface area contributed by atoms with Crippen LogP contribution in [0, 0.1) is 0 Å². The lowest BCUT2D eigenvalue weighted by Gasteiger charge is -2.34. The van der Waals surface area contributed by atoms with Crippen molar-refractivity contribution in [3.05, 3.63) is 29.6 Å². The van der Waals surface area contributed by atoms with Gasteiger partial charge in [-0.2, -0.15) is 13.2 Å². The molecule has 2 aromatic rings. The fourth-order valence-corrected chi connectivity index (χ4v) is 3.41. The standard InChI is InChI=1S/C18H20F3N3O4/c1-10(2)24-14-4-3-11(7-13(14)22-17(24)18(19,20)21)16(27)23-5-6-28-9-12(23)8-15(25)26/h3-4,7,10,12H,5-6,8-9H2,1-2H3,(H,25,26). The molecule has 1 atom stereocenters. The van der Waals surface area contributed by atoms with Crippen molar-refractivity contribution >= 4 is 22.9 Å². The Hall–Kier alpha value is -2.62. The molecule has 1 amide bonds. The third kappa shape index (κ3) is 3.82. The van der Waals surface area contributed by atoms with Gasteiger partial charge < -0.3 is 19.3 Å². The van der Waals surface area contributed by atoms with Gasteiger partial charge in [-0.1, -0.05) is 0 Å². The van der Waals surface area contributed by atoms with Crippen LogP contribution < -0.4 is 0 Å². The van der Waals surface area contributed by atoms with Gasteiger partial charge in [0.15, 0.2) is 0 Å². The summed E-state index contributed by atoms with van der Waals surface area (Å²) < 4.78 is 46.4. The average Bonchev–Trinajstić information content (AvgIpc) is 3.00. The first kappa shape index (κ1) is 20.1. The molecule has 1 N–H and O–H groups in total. The summed E-state index contributed by atoms with van der Waals surface area (Å²) in [6, 6.07) is 3.10. The fourth-order valence-electron chi connectivity index (χ4n) is 3.41. The van der Waals surface area contributed by atoms with Crippen molar-refractivity contribution in [1.82, 2.24) is 14.5 Å². The number of halogens is 3. The van der Waals surface area contributed by atoms with Crippen LogP contribution in [0.25, 0.3) is 11.0 Å². The molecule has 3 rings (SSSR count). The Balaban J connectivity index is 1.99. The number of hydrogen-bond donors (Lipinski definition) is 1. The molecule has 10 heteroatoms. The molecule has 152 valence electrons. The lowest BCUT2D eigenvalue weighted by molar-refractivity contribution is -0.147. The number of ether oxygens (including phenoxy) is 1. The van der Waals surface area contributed by atoms with Gasteiger partial charge in [0.2, 0.25) is 5.82 Å². The summed E-state index contributed by atoms with van der Waals surface area (Å²) in [6.45, 7) is 3.83. The molecule has 1 saturated heterocycles. The number of alkyl halides is 3. The first-order valence-corrected chi connectivity index (χ1v) is 8.79. The minimum Gasteiger partial charge on any atom is -0.481 e. The zero-order chi connectivity index (χ0) is 20.6. The molecule has 0 spiro atoms. The summed E-state index contributed by atoms with van der Waals surface area (Å²) in [4.78, 5) is 29.0. The van der Waals surface area contributed by atoms with Gasteiger partial charge in [0, 0.05) is 18.2 Å². The Morgan fingerprint density at radius 1 is 1.36 bits per heavy atom. The summed E-state index contributed by atoms with van der Waals surface area (Å²) in [5, 5.41) is 9.03. The minimum atomic E-state index is -4.62. The van der Waals surface area contributed by atoms with E-state index in [-0.39, 0.29) is 42.8 Å². The summed E-state index contributed by atoms with van der Waals surface area (Å²) >= 11 is 0. The first-order valence-electron chi connectivity index (χ1n) is 8.79. The molecule has 0 radical (unpaired) electrons. The molecule has 7 nitrogen and oxygen atoms in total. The van der Waals surface area contributed by atoms with Crippen molar-refractivity contribution in [3.63, 3.8) is 0 Å². The normalized spacial score (nSPS) is 18.1. The van der Waals surface area contributed by atoms with Gasteiger partial charge in [-0.15, -0.1) is 0 Å². The number of amides is 1. The molecular weight excluding hydrogens is 379 g/mol. The smallest absolute Gasteiger partial charge is 0.449 e. The van der Waals surface area contributed by atoms with E-state index < -0.39 is 36.0 Å². The summed E-state index contributed by atoms with van der Waals surface area (Å²) in [6.07, 6.45) is -4.89. The topological polar surface area (TPSA) is 84.7 Å². The van der Waals surface area contributed by atoms with Crippen LogP contribution in [0.4, 0.5) is 13.2 Å². The maximum absolute atomic E-state index is 13.3. The number of benzene rings is 1. The van der Waals surface area contributed by atoms with Crippen LogP contribution in [-0.2, 0) is 15.7 Å². The number of imidazole rings is 1. The molecule has 1 aliphatic rings. The van der Waals surface area contributed by atoms with E-state index in [0.29, 0.717) is 0 Å². The highest BCUT2D eigenvalue weighted by atomic mass is 19.4.